The fourth-order valence-corrected chi connectivity index (χ4v) is 11.0. The average molecular weight is 855 g/mol. The molecule has 0 radical (unpaired) electrons. The molecule has 0 aliphatic carbocycles. The number of nitrogens with zero attached hydrogens (tertiary/aromatic N) is 4. The normalized spacial score (nSPS) is 13.0. The largest absolute Gasteiger partial charge is 0.417 e. The molecular weight excluding hydrogens is 798 g/mol. The number of rotatable bonds is 3. The Labute approximate surface area is 377 Å². The van der Waals surface area contributed by atoms with Crippen molar-refractivity contribution in [2.75, 3.05) is 9.80 Å². The smallest absolute Gasteiger partial charge is 0.309 e. The van der Waals surface area contributed by atoms with Gasteiger partial charge in [-0.3, -0.25) is 0 Å². The van der Waals surface area contributed by atoms with E-state index in [1.165, 1.54) is 34.4 Å². The monoisotopic (exact) mass is 854 g/mol. The number of nitriles is 2. The highest BCUT2D eigenvalue weighted by atomic mass is 19.4. The lowest BCUT2D eigenvalue weighted by Gasteiger charge is -2.43. The van der Waals surface area contributed by atoms with Crippen LogP contribution in [0.25, 0.3) is 11.1 Å². The molecule has 2 aliphatic heterocycles. The molecule has 326 valence electrons. The second-order valence-corrected chi connectivity index (χ2v) is 18.7. The van der Waals surface area contributed by atoms with E-state index in [-0.39, 0.29) is 11.1 Å². The lowest BCUT2D eigenvalue weighted by atomic mass is 9.79. The Morgan fingerprint density at radius 3 is 0.984 bits per heavy atom. The van der Waals surface area contributed by atoms with Crippen LogP contribution in [-0.4, -0.2) is 0 Å². The molecule has 0 spiro atoms. The van der Waals surface area contributed by atoms with Crippen molar-refractivity contribution >= 4 is 34.1 Å². The van der Waals surface area contributed by atoms with Crippen LogP contribution in [0, 0.1) is 133 Å². The van der Waals surface area contributed by atoms with Gasteiger partial charge in [0.15, 0.2) is 0 Å². The van der Waals surface area contributed by atoms with Gasteiger partial charge in [0.05, 0.1) is 63.0 Å². The molecule has 0 saturated heterocycles. The maximum atomic E-state index is 16.0. The summed E-state index contributed by atoms with van der Waals surface area (Å²) >= 11 is 0. The lowest BCUT2D eigenvalue weighted by Crippen LogP contribution is -2.27. The van der Waals surface area contributed by atoms with Gasteiger partial charge in [0.25, 0.3) is 0 Å². The first kappa shape index (κ1) is 44.3. The Morgan fingerprint density at radius 2 is 0.703 bits per heavy atom. The zero-order valence-electron chi connectivity index (χ0n) is 40.2. The second kappa shape index (κ2) is 15.2. The van der Waals surface area contributed by atoms with Gasteiger partial charge >= 0.3 is 6.18 Å². The Balaban J connectivity index is 1.70. The van der Waals surface area contributed by atoms with Gasteiger partial charge in [-0.2, -0.15) is 23.7 Å². The second-order valence-electron chi connectivity index (χ2n) is 18.7. The summed E-state index contributed by atoms with van der Waals surface area (Å²) in [5.74, 6) is 0. The highest BCUT2D eigenvalue weighted by molar-refractivity contribution is 6.04. The van der Waals surface area contributed by atoms with Crippen molar-refractivity contribution < 1.29 is 13.2 Å². The maximum absolute atomic E-state index is 16.0. The average Bonchev–Trinajstić information content (AvgIpc) is 3.28. The van der Waals surface area contributed by atoms with Crippen LogP contribution >= 0.6 is 0 Å². The molecule has 0 bridgehead atoms. The fourth-order valence-electron chi connectivity index (χ4n) is 11.0. The zero-order chi connectivity index (χ0) is 46.9. The van der Waals surface area contributed by atoms with Gasteiger partial charge in [-0.1, -0.05) is 6.07 Å². The molecule has 0 fully saturated rings. The first-order valence-electron chi connectivity index (χ1n) is 22.2. The summed E-state index contributed by atoms with van der Waals surface area (Å²) in [7, 11) is 0. The third-order valence-electron chi connectivity index (χ3n) is 16.2. The molecule has 2 heterocycles. The zero-order valence-corrected chi connectivity index (χ0v) is 40.2. The number of anilines is 6. The number of hydrogen-bond acceptors (Lipinski definition) is 4. The number of hydrogen-bond donors (Lipinski definition) is 0. The number of fused-ring (bicyclic) bond motifs is 4. The molecule has 64 heavy (non-hydrogen) atoms. The first-order chi connectivity index (χ1) is 30.0. The molecule has 4 nitrogen and oxygen atoms in total. The summed E-state index contributed by atoms with van der Waals surface area (Å²) in [5.41, 5.74) is 26.7. The minimum Gasteiger partial charge on any atom is -0.309 e. The Hall–Kier alpha value is -6.31. The van der Waals surface area contributed by atoms with Gasteiger partial charge in [-0.05, 0) is 252 Å². The lowest BCUT2D eigenvalue weighted by molar-refractivity contribution is -0.137. The van der Waals surface area contributed by atoms with Crippen LogP contribution in [0.2, 0.25) is 0 Å². The van der Waals surface area contributed by atoms with Crippen molar-refractivity contribution in [3.8, 4) is 23.3 Å². The van der Waals surface area contributed by atoms with Gasteiger partial charge in [0, 0.05) is 18.4 Å². The molecule has 2 aliphatic rings. The Bertz CT molecular complexity index is 2880. The molecule has 6 aromatic carbocycles. The molecule has 0 N–H and O–H groups in total. The van der Waals surface area contributed by atoms with E-state index in [0.717, 1.165) is 118 Å². The van der Waals surface area contributed by atoms with Crippen molar-refractivity contribution in [3.05, 3.63) is 158 Å². The van der Waals surface area contributed by atoms with Crippen LogP contribution in [0.4, 0.5) is 47.3 Å². The Kier molecular flexibility index (Phi) is 10.5. The van der Waals surface area contributed by atoms with Crippen molar-refractivity contribution in [1.82, 2.24) is 0 Å². The van der Waals surface area contributed by atoms with E-state index in [1.54, 1.807) is 12.1 Å². The highest BCUT2D eigenvalue weighted by Crippen LogP contribution is 2.59. The standard InChI is InChI=1S/C57H57F3N4/c1-26-30(5)38(13)53-45(34(26)9)22-46-35(10)27(2)31(6)39(14)54(46)63(53)50-20-43(25-62)21-51(52(50)44-18-17-42(24-61)19-49(44)57(58,59)60)64-55-40(15)32(7)28(3)36(11)47(55)23-48-37(12)29(4)33(8)41(16)56(48)64/h17-21H,22-23H2,1-16H3. The van der Waals surface area contributed by atoms with E-state index in [1.807, 2.05) is 6.07 Å². The van der Waals surface area contributed by atoms with E-state index in [2.05, 4.69) is 127 Å². The molecule has 0 unspecified atom stereocenters. The number of halogens is 3. The van der Waals surface area contributed by atoms with Crippen molar-refractivity contribution in [2.45, 2.75) is 130 Å². The van der Waals surface area contributed by atoms with Crippen LogP contribution in [0.15, 0.2) is 30.3 Å². The first-order valence-corrected chi connectivity index (χ1v) is 22.2. The topological polar surface area (TPSA) is 54.1 Å². The number of benzene rings is 6. The predicted octanol–water partition coefficient (Wildman–Crippen LogP) is 15.8. The minimum absolute atomic E-state index is 0.0591. The van der Waals surface area contributed by atoms with Crippen molar-refractivity contribution in [3.63, 3.8) is 0 Å². The van der Waals surface area contributed by atoms with E-state index in [4.69, 9.17) is 0 Å². The van der Waals surface area contributed by atoms with E-state index < -0.39 is 11.7 Å². The molecule has 0 saturated carbocycles. The quantitative estimate of drug-likeness (QED) is 0.178. The van der Waals surface area contributed by atoms with Crippen molar-refractivity contribution in [2.24, 2.45) is 0 Å². The molecule has 7 heteroatoms. The van der Waals surface area contributed by atoms with Crippen LogP contribution in [0.5, 0.6) is 0 Å². The van der Waals surface area contributed by atoms with Gasteiger partial charge in [0.1, 0.15) is 0 Å². The summed E-state index contributed by atoms with van der Waals surface area (Å²) in [6, 6.07) is 12.0. The van der Waals surface area contributed by atoms with Crippen LogP contribution in [-0.2, 0) is 19.0 Å². The minimum atomic E-state index is -4.83. The molecule has 0 atom stereocenters. The third-order valence-corrected chi connectivity index (χ3v) is 16.2. The van der Waals surface area contributed by atoms with Gasteiger partial charge < -0.3 is 9.80 Å². The summed E-state index contributed by atoms with van der Waals surface area (Å²) < 4.78 is 47.9. The number of alkyl halides is 3. The summed E-state index contributed by atoms with van der Waals surface area (Å²) in [5, 5.41) is 21.3. The third kappa shape index (κ3) is 6.14. The summed E-state index contributed by atoms with van der Waals surface area (Å²) in [6.45, 7) is 34.2. The van der Waals surface area contributed by atoms with Gasteiger partial charge in [-0.15, -0.1) is 0 Å². The molecule has 0 amide bonds. The van der Waals surface area contributed by atoms with E-state index in [9.17, 15) is 10.5 Å². The Morgan fingerprint density at radius 1 is 0.406 bits per heavy atom. The van der Waals surface area contributed by atoms with Crippen LogP contribution in [0.1, 0.15) is 128 Å². The van der Waals surface area contributed by atoms with Crippen molar-refractivity contribution in [1.29, 1.82) is 10.5 Å². The fraction of sp³-hybridized carbons (Fsp3) is 0.333. The SMILES string of the molecule is Cc1c(C)c(C)c2c(c1C)Cc1c(C)c(C)c(C)c(C)c1N2c1cc(C#N)cc(N2c3c(C)c(C)c(C)c(C)c3Cc3c(C)c(C)c(C)c(C)c32)c1-c1ccc(C#N)cc1C(F)(F)F. The van der Waals surface area contributed by atoms with Gasteiger partial charge in [-0.25, -0.2) is 0 Å². The van der Waals surface area contributed by atoms with Crippen LogP contribution in [0.3, 0.4) is 0 Å². The molecule has 0 aromatic heterocycles. The maximum Gasteiger partial charge on any atom is 0.417 e. The molecule has 6 aromatic rings. The van der Waals surface area contributed by atoms with Crippen LogP contribution < -0.4 is 9.80 Å². The molecule has 8 rings (SSSR count). The highest BCUT2D eigenvalue weighted by Gasteiger charge is 2.41. The van der Waals surface area contributed by atoms with Gasteiger partial charge in [0.2, 0.25) is 0 Å². The van der Waals surface area contributed by atoms with E-state index in [0.29, 0.717) is 35.3 Å². The van der Waals surface area contributed by atoms with E-state index >= 15 is 13.2 Å². The summed E-state index contributed by atoms with van der Waals surface area (Å²) in [4.78, 5) is 4.41. The summed E-state index contributed by atoms with van der Waals surface area (Å²) in [6.07, 6.45) is -3.51. The predicted molar refractivity (Wildman–Crippen MR) is 257 cm³/mol. The molecular formula is C57H57F3N4.